The summed E-state index contributed by atoms with van der Waals surface area (Å²) in [5.74, 6) is -0.649. The predicted molar refractivity (Wildman–Crippen MR) is 102 cm³/mol. The molecular formula is C20H15N3O5. The van der Waals surface area contributed by atoms with Crippen molar-refractivity contribution < 1.29 is 14.6 Å². The molecule has 140 valence electrons. The fourth-order valence-electron chi connectivity index (χ4n) is 2.80. The van der Waals surface area contributed by atoms with Gasteiger partial charge in [-0.3, -0.25) is 25.0 Å². The molecule has 0 saturated heterocycles. The Balaban J connectivity index is 1.99. The zero-order valence-corrected chi connectivity index (χ0v) is 14.5. The highest BCUT2D eigenvalue weighted by Crippen LogP contribution is 2.25. The van der Waals surface area contributed by atoms with E-state index >= 15 is 0 Å². The molecule has 0 fully saturated rings. The van der Waals surface area contributed by atoms with Gasteiger partial charge in [-0.1, -0.05) is 60.7 Å². The summed E-state index contributed by atoms with van der Waals surface area (Å²) >= 11 is 0. The summed E-state index contributed by atoms with van der Waals surface area (Å²) in [6.45, 7) is 0. The molecule has 0 spiro atoms. The number of nitrogens with zero attached hydrogens (tertiary/aromatic N) is 2. The second-order valence-electron chi connectivity index (χ2n) is 5.98. The largest absolute Gasteiger partial charge is 0.341 e. The van der Waals surface area contributed by atoms with Gasteiger partial charge in [0.1, 0.15) is 0 Å². The van der Waals surface area contributed by atoms with Crippen molar-refractivity contribution >= 4 is 17.3 Å². The third-order valence-corrected chi connectivity index (χ3v) is 4.13. The highest BCUT2D eigenvalue weighted by molar-refractivity contribution is 5.96. The molecule has 0 atom stereocenters. The lowest BCUT2D eigenvalue weighted by Gasteiger charge is -2.20. The van der Waals surface area contributed by atoms with Crippen LogP contribution >= 0.6 is 0 Å². The van der Waals surface area contributed by atoms with Crippen LogP contribution in [0.15, 0.2) is 78.9 Å². The van der Waals surface area contributed by atoms with Crippen LogP contribution in [0.2, 0.25) is 0 Å². The number of nitrogens with one attached hydrogen (secondary N) is 1. The number of amides is 1. The molecule has 1 N–H and O–H groups in total. The van der Waals surface area contributed by atoms with Crippen molar-refractivity contribution in [3.05, 3.63) is 116 Å². The van der Waals surface area contributed by atoms with E-state index in [4.69, 9.17) is 0 Å². The van der Waals surface area contributed by atoms with E-state index in [1.807, 2.05) is 60.7 Å². The van der Waals surface area contributed by atoms with Gasteiger partial charge in [0.25, 0.3) is 17.3 Å². The molecule has 0 aliphatic heterocycles. The van der Waals surface area contributed by atoms with Gasteiger partial charge in [0.05, 0.1) is 27.5 Å². The highest BCUT2D eigenvalue weighted by Gasteiger charge is 2.23. The average Bonchev–Trinajstić information content (AvgIpc) is 2.72. The second-order valence-corrected chi connectivity index (χ2v) is 5.98. The van der Waals surface area contributed by atoms with Crippen molar-refractivity contribution in [2.75, 3.05) is 0 Å². The number of nitro benzene ring substituents is 2. The molecule has 0 radical (unpaired) electrons. The molecule has 28 heavy (non-hydrogen) atoms. The molecule has 0 unspecified atom stereocenters. The first-order valence-corrected chi connectivity index (χ1v) is 8.30. The van der Waals surface area contributed by atoms with Crippen molar-refractivity contribution in [1.82, 2.24) is 5.32 Å². The quantitative estimate of drug-likeness (QED) is 0.514. The number of non-ortho nitro benzene ring substituents is 2. The third kappa shape index (κ3) is 4.18. The minimum absolute atomic E-state index is 0.155. The lowest BCUT2D eigenvalue weighted by Crippen LogP contribution is -2.29. The molecule has 3 aromatic carbocycles. The molecule has 0 aromatic heterocycles. The lowest BCUT2D eigenvalue weighted by atomic mass is 9.98. The highest BCUT2D eigenvalue weighted by atomic mass is 16.6. The first kappa shape index (κ1) is 18.7. The smallest absolute Gasteiger partial charge is 0.277 e. The summed E-state index contributed by atoms with van der Waals surface area (Å²) in [5, 5.41) is 24.9. The van der Waals surface area contributed by atoms with Crippen molar-refractivity contribution in [2.45, 2.75) is 6.04 Å². The zero-order chi connectivity index (χ0) is 20.1. The Hall–Kier alpha value is -4.07. The first-order valence-electron chi connectivity index (χ1n) is 8.30. The summed E-state index contributed by atoms with van der Waals surface area (Å²) in [6.07, 6.45) is 0. The molecule has 3 rings (SSSR count). The number of carbonyl (C=O) groups is 1. The van der Waals surface area contributed by atoms with E-state index in [-0.39, 0.29) is 5.56 Å². The summed E-state index contributed by atoms with van der Waals surface area (Å²) in [7, 11) is 0. The molecule has 0 saturated carbocycles. The maximum absolute atomic E-state index is 12.8. The zero-order valence-electron chi connectivity index (χ0n) is 14.5. The van der Waals surface area contributed by atoms with E-state index in [0.717, 1.165) is 29.3 Å². The van der Waals surface area contributed by atoms with Crippen LogP contribution in [0.1, 0.15) is 27.5 Å². The summed E-state index contributed by atoms with van der Waals surface area (Å²) in [4.78, 5) is 33.4. The third-order valence-electron chi connectivity index (χ3n) is 4.13. The van der Waals surface area contributed by atoms with E-state index in [1.54, 1.807) is 0 Å². The molecule has 0 bridgehead atoms. The van der Waals surface area contributed by atoms with Crippen LogP contribution < -0.4 is 5.32 Å². The average molecular weight is 377 g/mol. The van der Waals surface area contributed by atoms with E-state index in [9.17, 15) is 25.0 Å². The Morgan fingerprint density at radius 1 is 0.750 bits per heavy atom. The second kappa shape index (κ2) is 8.09. The Labute approximate surface area is 159 Å². The van der Waals surface area contributed by atoms with Crippen LogP contribution in [-0.2, 0) is 0 Å². The van der Waals surface area contributed by atoms with Crippen LogP contribution in [0, 0.1) is 20.2 Å². The molecule has 0 aliphatic carbocycles. The molecule has 3 aromatic rings. The maximum atomic E-state index is 12.8. The number of rotatable bonds is 6. The van der Waals surface area contributed by atoms with Crippen LogP contribution in [0.3, 0.4) is 0 Å². The Bertz CT molecular complexity index is 951. The van der Waals surface area contributed by atoms with Crippen molar-refractivity contribution in [3.8, 4) is 0 Å². The van der Waals surface area contributed by atoms with Crippen LogP contribution in [-0.4, -0.2) is 15.8 Å². The van der Waals surface area contributed by atoms with Crippen LogP contribution in [0.5, 0.6) is 0 Å². The summed E-state index contributed by atoms with van der Waals surface area (Å²) in [5.41, 5.74) is 0.423. The minimum atomic E-state index is -0.768. The number of carbonyl (C=O) groups excluding carboxylic acids is 1. The van der Waals surface area contributed by atoms with Crippen molar-refractivity contribution in [2.24, 2.45) is 0 Å². The molecule has 0 aliphatic rings. The lowest BCUT2D eigenvalue weighted by molar-refractivity contribution is -0.394. The van der Waals surface area contributed by atoms with E-state index < -0.39 is 33.2 Å². The summed E-state index contributed by atoms with van der Waals surface area (Å²) in [6, 6.07) is 20.7. The van der Waals surface area contributed by atoms with Gasteiger partial charge in [-0.25, -0.2) is 0 Å². The van der Waals surface area contributed by atoms with Gasteiger partial charge in [-0.05, 0) is 11.1 Å². The maximum Gasteiger partial charge on any atom is 0.277 e. The Kier molecular flexibility index (Phi) is 5.40. The molecule has 8 nitrogen and oxygen atoms in total. The number of benzene rings is 3. The van der Waals surface area contributed by atoms with Crippen molar-refractivity contribution in [1.29, 1.82) is 0 Å². The van der Waals surface area contributed by atoms with E-state index in [2.05, 4.69) is 5.32 Å². The predicted octanol–water partition coefficient (Wildman–Crippen LogP) is 4.02. The fourth-order valence-corrected chi connectivity index (χ4v) is 2.80. The topological polar surface area (TPSA) is 115 Å². The van der Waals surface area contributed by atoms with Crippen LogP contribution in [0.25, 0.3) is 0 Å². The molecular weight excluding hydrogens is 362 g/mol. The van der Waals surface area contributed by atoms with Gasteiger partial charge in [0.2, 0.25) is 0 Å². The van der Waals surface area contributed by atoms with Crippen molar-refractivity contribution in [3.63, 3.8) is 0 Å². The first-order chi connectivity index (χ1) is 13.5. The van der Waals surface area contributed by atoms with E-state index in [0.29, 0.717) is 0 Å². The van der Waals surface area contributed by atoms with Gasteiger partial charge < -0.3 is 5.32 Å². The van der Waals surface area contributed by atoms with E-state index in [1.165, 1.54) is 0 Å². The number of nitro groups is 2. The van der Waals surface area contributed by atoms with Gasteiger partial charge in [0.15, 0.2) is 0 Å². The van der Waals surface area contributed by atoms with Gasteiger partial charge in [0, 0.05) is 12.1 Å². The standard InChI is InChI=1S/C20H15N3O5/c24-20(16-11-17(22(25)26)13-18(12-16)23(27)28)21-19(14-7-3-1-4-8-14)15-9-5-2-6-10-15/h1-13,19H,(H,21,24). The minimum Gasteiger partial charge on any atom is -0.341 e. The molecule has 8 heteroatoms. The normalized spacial score (nSPS) is 10.5. The Morgan fingerprint density at radius 2 is 1.18 bits per heavy atom. The fraction of sp³-hybridized carbons (Fsp3) is 0.0500. The number of hydrogen-bond donors (Lipinski definition) is 1. The number of hydrogen-bond acceptors (Lipinski definition) is 5. The molecule has 0 heterocycles. The van der Waals surface area contributed by atoms with Gasteiger partial charge >= 0.3 is 0 Å². The summed E-state index contributed by atoms with van der Waals surface area (Å²) < 4.78 is 0. The van der Waals surface area contributed by atoms with Crippen LogP contribution in [0.4, 0.5) is 11.4 Å². The Morgan fingerprint density at radius 3 is 1.57 bits per heavy atom. The monoisotopic (exact) mass is 377 g/mol. The van der Waals surface area contributed by atoms with Gasteiger partial charge in [-0.15, -0.1) is 0 Å². The molecule has 1 amide bonds. The van der Waals surface area contributed by atoms with Gasteiger partial charge in [-0.2, -0.15) is 0 Å². The SMILES string of the molecule is O=C(NC(c1ccccc1)c1ccccc1)c1cc([N+](=O)[O-])cc([N+](=O)[O-])c1.